The van der Waals surface area contributed by atoms with Crippen LogP contribution in [0.4, 0.5) is 5.69 Å². The molecule has 0 spiro atoms. The summed E-state index contributed by atoms with van der Waals surface area (Å²) in [6, 6.07) is 12.3. The normalized spacial score (nSPS) is 9.90. The summed E-state index contributed by atoms with van der Waals surface area (Å²) in [6.45, 7) is 2.04. The number of carbonyl (C=O) groups excluding carboxylic acids is 1. The summed E-state index contributed by atoms with van der Waals surface area (Å²) in [5.41, 5.74) is 1.45. The largest absolute Gasteiger partial charge is 0.325 e. The number of pyridine rings is 1. The molecule has 0 bridgehead atoms. The van der Waals surface area contributed by atoms with Crippen LogP contribution in [0, 0.1) is 18.3 Å². The number of carbonyl (C=O) groups is 1. The third-order valence-electron chi connectivity index (χ3n) is 3.11. The van der Waals surface area contributed by atoms with Crippen molar-refractivity contribution in [1.82, 2.24) is 4.57 Å². The molecule has 0 saturated heterocycles. The second-order valence-electron chi connectivity index (χ2n) is 4.65. The number of aryl methyl sites for hydroxylation is 2. The maximum Gasteiger partial charge on any atom is 0.253 e. The zero-order valence-corrected chi connectivity index (χ0v) is 11.7. The van der Waals surface area contributed by atoms with Crippen molar-refractivity contribution in [3.8, 4) is 6.07 Å². The van der Waals surface area contributed by atoms with Gasteiger partial charge in [-0.3, -0.25) is 9.59 Å². The fraction of sp³-hybridized carbons (Fsp3) is 0.188. The van der Waals surface area contributed by atoms with Gasteiger partial charge >= 0.3 is 0 Å². The molecule has 1 amide bonds. The van der Waals surface area contributed by atoms with Gasteiger partial charge in [-0.15, -0.1) is 0 Å². The van der Waals surface area contributed by atoms with E-state index in [1.807, 2.05) is 6.07 Å². The number of nitriles is 1. The molecule has 1 aromatic carbocycles. The molecule has 2 aromatic rings. The van der Waals surface area contributed by atoms with Gasteiger partial charge in [0.2, 0.25) is 5.91 Å². The highest BCUT2D eigenvalue weighted by Gasteiger charge is 2.07. The molecule has 0 aliphatic carbocycles. The van der Waals surface area contributed by atoms with Gasteiger partial charge in [0.25, 0.3) is 5.56 Å². The highest BCUT2D eigenvalue weighted by molar-refractivity contribution is 5.92. The number of hydrogen-bond acceptors (Lipinski definition) is 3. The van der Waals surface area contributed by atoms with Gasteiger partial charge in [-0.25, -0.2) is 0 Å². The Balaban J connectivity index is 2.01. The van der Waals surface area contributed by atoms with Crippen LogP contribution >= 0.6 is 0 Å². The maximum atomic E-state index is 11.9. The molecule has 2 rings (SSSR count). The molecule has 1 heterocycles. The number of amides is 1. The highest BCUT2D eigenvalue weighted by Crippen LogP contribution is 2.13. The summed E-state index contributed by atoms with van der Waals surface area (Å²) in [5, 5.41) is 11.6. The molecular formula is C16H15N3O2. The van der Waals surface area contributed by atoms with Crippen LogP contribution < -0.4 is 10.9 Å². The van der Waals surface area contributed by atoms with E-state index in [1.165, 1.54) is 4.57 Å². The maximum absolute atomic E-state index is 11.9. The lowest BCUT2D eigenvalue weighted by Crippen LogP contribution is -2.24. The van der Waals surface area contributed by atoms with Crippen LogP contribution in [-0.2, 0) is 11.3 Å². The number of benzene rings is 1. The molecule has 1 N–H and O–H groups in total. The van der Waals surface area contributed by atoms with Gasteiger partial charge in [0.1, 0.15) is 6.07 Å². The smallest absolute Gasteiger partial charge is 0.253 e. The molecule has 0 aliphatic heterocycles. The molecule has 21 heavy (non-hydrogen) atoms. The predicted molar refractivity (Wildman–Crippen MR) is 79.8 cm³/mol. The van der Waals surface area contributed by atoms with Crippen LogP contribution in [0.25, 0.3) is 0 Å². The van der Waals surface area contributed by atoms with E-state index in [4.69, 9.17) is 5.26 Å². The summed E-state index contributed by atoms with van der Waals surface area (Å²) in [4.78, 5) is 23.7. The highest BCUT2D eigenvalue weighted by atomic mass is 16.1. The van der Waals surface area contributed by atoms with Gasteiger partial charge in [-0.2, -0.15) is 5.26 Å². The van der Waals surface area contributed by atoms with E-state index in [2.05, 4.69) is 5.32 Å². The van der Waals surface area contributed by atoms with Gasteiger partial charge < -0.3 is 9.88 Å². The van der Waals surface area contributed by atoms with Crippen LogP contribution in [0.5, 0.6) is 0 Å². The lowest BCUT2D eigenvalue weighted by Gasteiger charge is -2.08. The van der Waals surface area contributed by atoms with Gasteiger partial charge in [-0.1, -0.05) is 18.2 Å². The number of anilines is 1. The first-order valence-electron chi connectivity index (χ1n) is 6.57. The molecule has 5 nitrogen and oxygen atoms in total. The minimum absolute atomic E-state index is 0.0947. The average Bonchev–Trinajstić information content (AvgIpc) is 2.49. The molecule has 5 heteroatoms. The van der Waals surface area contributed by atoms with Gasteiger partial charge in [0.05, 0.1) is 11.3 Å². The van der Waals surface area contributed by atoms with E-state index >= 15 is 0 Å². The first-order chi connectivity index (χ1) is 10.1. The summed E-state index contributed by atoms with van der Waals surface area (Å²) in [7, 11) is 0. The summed E-state index contributed by atoms with van der Waals surface area (Å²) in [6.07, 6.45) is 1.83. The van der Waals surface area contributed by atoms with Gasteiger partial charge in [0, 0.05) is 24.7 Å². The Bertz CT molecular complexity index is 757. The summed E-state index contributed by atoms with van der Waals surface area (Å²) >= 11 is 0. The Labute approximate surface area is 122 Å². The molecule has 1 aromatic heterocycles. The summed E-state index contributed by atoms with van der Waals surface area (Å²) in [5.74, 6) is -0.230. The number of rotatable bonds is 4. The number of para-hydroxylation sites is 1. The van der Waals surface area contributed by atoms with E-state index in [9.17, 15) is 9.59 Å². The Kier molecular flexibility index (Phi) is 4.52. The van der Waals surface area contributed by atoms with Crippen molar-refractivity contribution in [1.29, 1.82) is 5.26 Å². The lowest BCUT2D eigenvalue weighted by atomic mass is 10.2. The molecule has 106 valence electrons. The zero-order chi connectivity index (χ0) is 15.2. The number of nitrogens with one attached hydrogen (secondary N) is 1. The fourth-order valence-corrected chi connectivity index (χ4v) is 1.96. The van der Waals surface area contributed by atoms with Gasteiger partial charge in [0.15, 0.2) is 0 Å². The second-order valence-corrected chi connectivity index (χ2v) is 4.65. The lowest BCUT2D eigenvalue weighted by molar-refractivity contribution is -0.116. The molecule has 0 radical (unpaired) electrons. The third kappa shape index (κ3) is 3.57. The van der Waals surface area contributed by atoms with Crippen LogP contribution in [0.1, 0.15) is 17.5 Å². The molecule has 0 fully saturated rings. The quantitative estimate of drug-likeness (QED) is 0.932. The van der Waals surface area contributed by atoms with Crippen molar-refractivity contribution < 1.29 is 4.79 Å². The standard InChI is InChI=1S/C16H15N3O2/c1-12-5-4-9-19(16(12)21)10-8-15(20)18-14-7-3-2-6-13(14)11-17/h2-7,9H,8,10H2,1H3,(H,18,20). The monoisotopic (exact) mass is 281 g/mol. The Morgan fingerprint density at radius 2 is 2.05 bits per heavy atom. The fourth-order valence-electron chi connectivity index (χ4n) is 1.96. The predicted octanol–water partition coefficient (Wildman–Crippen LogP) is 2.06. The molecule has 0 atom stereocenters. The first kappa shape index (κ1) is 14.5. The van der Waals surface area contributed by atoms with E-state index in [0.717, 1.165) is 0 Å². The van der Waals surface area contributed by atoms with Crippen molar-refractivity contribution in [2.45, 2.75) is 19.9 Å². The van der Waals surface area contributed by atoms with Crippen LogP contribution in [0.15, 0.2) is 47.4 Å². The van der Waals surface area contributed by atoms with Crippen molar-refractivity contribution in [3.63, 3.8) is 0 Å². The van der Waals surface area contributed by atoms with E-state index in [1.54, 1.807) is 49.5 Å². The van der Waals surface area contributed by atoms with Crippen LogP contribution in [0.3, 0.4) is 0 Å². The molecule has 0 unspecified atom stereocenters. The second kappa shape index (κ2) is 6.53. The Hall–Kier alpha value is -2.87. The van der Waals surface area contributed by atoms with Gasteiger partial charge in [-0.05, 0) is 25.1 Å². The van der Waals surface area contributed by atoms with Crippen LogP contribution in [-0.4, -0.2) is 10.5 Å². The Morgan fingerprint density at radius 1 is 1.29 bits per heavy atom. The van der Waals surface area contributed by atoms with E-state index in [0.29, 0.717) is 23.4 Å². The van der Waals surface area contributed by atoms with Crippen molar-refractivity contribution in [2.24, 2.45) is 0 Å². The molecular weight excluding hydrogens is 266 g/mol. The van der Waals surface area contributed by atoms with E-state index < -0.39 is 0 Å². The zero-order valence-electron chi connectivity index (χ0n) is 11.7. The molecule has 0 aliphatic rings. The minimum Gasteiger partial charge on any atom is -0.325 e. The average molecular weight is 281 g/mol. The number of hydrogen-bond donors (Lipinski definition) is 1. The third-order valence-corrected chi connectivity index (χ3v) is 3.11. The SMILES string of the molecule is Cc1cccn(CCC(=O)Nc2ccccc2C#N)c1=O. The number of nitrogens with zero attached hydrogens (tertiary/aromatic N) is 2. The Morgan fingerprint density at radius 3 is 2.81 bits per heavy atom. The minimum atomic E-state index is -0.230. The summed E-state index contributed by atoms with van der Waals surface area (Å²) < 4.78 is 1.51. The van der Waals surface area contributed by atoms with Crippen LogP contribution in [0.2, 0.25) is 0 Å². The first-order valence-corrected chi connectivity index (χ1v) is 6.57. The van der Waals surface area contributed by atoms with E-state index in [-0.39, 0.29) is 17.9 Å². The molecule has 0 saturated carbocycles. The van der Waals surface area contributed by atoms with Crippen molar-refractivity contribution in [3.05, 3.63) is 64.1 Å². The van der Waals surface area contributed by atoms with Crippen molar-refractivity contribution in [2.75, 3.05) is 5.32 Å². The van der Waals surface area contributed by atoms with Crippen molar-refractivity contribution >= 4 is 11.6 Å². The number of aromatic nitrogens is 1. The topological polar surface area (TPSA) is 74.9 Å².